The van der Waals surface area contributed by atoms with Crippen molar-refractivity contribution in [1.29, 1.82) is 0 Å². The average Bonchev–Trinajstić information content (AvgIpc) is 2.40. The molecule has 0 aliphatic carbocycles. The molecule has 0 amide bonds. The number of nitrogens with two attached hydrogens (primary N) is 1. The maximum Gasteiger partial charge on any atom is 0.194 e. The Morgan fingerprint density at radius 1 is 1.18 bits per heavy atom. The largest absolute Gasteiger partial charge is 0.330 e. The highest BCUT2D eigenvalue weighted by molar-refractivity contribution is 6.09. The summed E-state index contributed by atoms with van der Waals surface area (Å²) in [4.78, 5) is 16.2. The number of hydrogen-bond donors (Lipinski definition) is 1. The average molecular weight is 226 g/mol. The van der Waals surface area contributed by atoms with Crippen molar-refractivity contribution in [3.63, 3.8) is 0 Å². The summed E-state index contributed by atoms with van der Waals surface area (Å²) in [5.41, 5.74) is 7.86. The monoisotopic (exact) mass is 226 g/mol. The van der Waals surface area contributed by atoms with Crippen molar-refractivity contribution >= 4 is 5.78 Å². The summed E-state index contributed by atoms with van der Waals surface area (Å²) < 4.78 is 0. The van der Waals surface area contributed by atoms with E-state index in [1.165, 1.54) is 0 Å². The number of hydrogen-bond acceptors (Lipinski definition) is 3. The van der Waals surface area contributed by atoms with Gasteiger partial charge in [0.2, 0.25) is 0 Å². The van der Waals surface area contributed by atoms with Crippen molar-refractivity contribution in [1.82, 2.24) is 4.98 Å². The molecule has 17 heavy (non-hydrogen) atoms. The van der Waals surface area contributed by atoms with Crippen LogP contribution < -0.4 is 5.73 Å². The predicted molar refractivity (Wildman–Crippen MR) is 66.9 cm³/mol. The van der Waals surface area contributed by atoms with Gasteiger partial charge in [0.25, 0.3) is 0 Å². The fraction of sp³-hybridized carbons (Fsp3) is 0.143. The third kappa shape index (κ3) is 2.57. The Morgan fingerprint density at radius 2 is 2.00 bits per heavy atom. The number of carbonyl (C=O) groups excluding carboxylic acids is 1. The van der Waals surface area contributed by atoms with Crippen LogP contribution in [0.3, 0.4) is 0 Å². The van der Waals surface area contributed by atoms with Gasteiger partial charge in [0.05, 0.1) is 0 Å². The van der Waals surface area contributed by atoms with Crippen LogP contribution in [0.1, 0.15) is 21.5 Å². The van der Waals surface area contributed by atoms with Gasteiger partial charge in [-0.25, -0.2) is 0 Å². The number of benzene rings is 1. The number of aromatic nitrogens is 1. The highest BCUT2D eigenvalue weighted by atomic mass is 16.1. The summed E-state index contributed by atoms with van der Waals surface area (Å²) in [5.74, 6) is 0.00199. The topological polar surface area (TPSA) is 56.0 Å². The van der Waals surface area contributed by atoms with Crippen LogP contribution in [-0.4, -0.2) is 17.3 Å². The molecule has 2 rings (SSSR count). The Hall–Kier alpha value is -2.00. The standard InChI is InChI=1S/C14H14N2O/c15-8-7-11-4-1-2-6-13(11)14(17)12-5-3-9-16-10-12/h1-6,9-10H,7-8,15H2. The van der Waals surface area contributed by atoms with Gasteiger partial charge in [0.15, 0.2) is 5.78 Å². The van der Waals surface area contributed by atoms with Crippen LogP contribution in [0.5, 0.6) is 0 Å². The first-order chi connectivity index (χ1) is 8.33. The zero-order chi connectivity index (χ0) is 12.1. The molecule has 3 heteroatoms. The molecular formula is C14H14N2O. The van der Waals surface area contributed by atoms with E-state index in [0.717, 1.165) is 5.56 Å². The Bertz CT molecular complexity index is 509. The zero-order valence-electron chi connectivity index (χ0n) is 9.47. The van der Waals surface area contributed by atoms with Crippen molar-refractivity contribution in [2.24, 2.45) is 5.73 Å². The van der Waals surface area contributed by atoms with Gasteiger partial charge in [-0.3, -0.25) is 9.78 Å². The lowest BCUT2D eigenvalue weighted by Gasteiger charge is -2.07. The molecule has 0 radical (unpaired) electrons. The highest BCUT2D eigenvalue weighted by Gasteiger charge is 2.12. The molecule has 2 N–H and O–H groups in total. The molecule has 1 heterocycles. The van der Waals surface area contributed by atoms with Crippen LogP contribution in [0.2, 0.25) is 0 Å². The van der Waals surface area contributed by atoms with Crippen molar-refractivity contribution < 1.29 is 4.79 Å². The van der Waals surface area contributed by atoms with Crippen molar-refractivity contribution in [2.45, 2.75) is 6.42 Å². The van der Waals surface area contributed by atoms with E-state index in [1.54, 1.807) is 24.5 Å². The number of pyridine rings is 1. The number of rotatable bonds is 4. The number of nitrogens with zero attached hydrogens (tertiary/aromatic N) is 1. The van der Waals surface area contributed by atoms with E-state index in [9.17, 15) is 4.79 Å². The van der Waals surface area contributed by atoms with Gasteiger partial charge in [0.1, 0.15) is 0 Å². The van der Waals surface area contributed by atoms with E-state index in [0.29, 0.717) is 24.1 Å². The lowest BCUT2D eigenvalue weighted by molar-refractivity contribution is 0.103. The highest BCUT2D eigenvalue weighted by Crippen LogP contribution is 2.14. The van der Waals surface area contributed by atoms with E-state index < -0.39 is 0 Å². The van der Waals surface area contributed by atoms with Crippen molar-refractivity contribution in [3.05, 3.63) is 65.5 Å². The van der Waals surface area contributed by atoms with Crippen LogP contribution in [0.4, 0.5) is 0 Å². The quantitative estimate of drug-likeness (QED) is 0.809. The molecule has 1 aromatic carbocycles. The fourth-order valence-corrected chi connectivity index (χ4v) is 1.77. The molecule has 2 aromatic rings. The van der Waals surface area contributed by atoms with E-state index in [-0.39, 0.29) is 5.78 Å². The lowest BCUT2D eigenvalue weighted by Crippen LogP contribution is -2.10. The van der Waals surface area contributed by atoms with Crippen LogP contribution in [0, 0.1) is 0 Å². The summed E-state index contributed by atoms with van der Waals surface area (Å²) in [5, 5.41) is 0. The molecule has 1 aromatic heterocycles. The number of carbonyl (C=O) groups is 1. The first kappa shape index (κ1) is 11.5. The molecule has 86 valence electrons. The van der Waals surface area contributed by atoms with E-state index in [1.807, 2.05) is 24.3 Å². The Morgan fingerprint density at radius 3 is 2.71 bits per heavy atom. The molecule has 0 saturated carbocycles. The molecule has 0 aliphatic heterocycles. The van der Waals surface area contributed by atoms with Gasteiger partial charge >= 0.3 is 0 Å². The first-order valence-electron chi connectivity index (χ1n) is 5.55. The van der Waals surface area contributed by atoms with Crippen LogP contribution in [0.15, 0.2) is 48.8 Å². The molecule has 0 saturated heterocycles. The van der Waals surface area contributed by atoms with Crippen molar-refractivity contribution in [3.8, 4) is 0 Å². The maximum absolute atomic E-state index is 12.3. The second kappa shape index (κ2) is 5.37. The molecule has 0 bridgehead atoms. The Kier molecular flexibility index (Phi) is 3.62. The summed E-state index contributed by atoms with van der Waals surface area (Å²) >= 11 is 0. The predicted octanol–water partition coefficient (Wildman–Crippen LogP) is 1.81. The van der Waals surface area contributed by atoms with E-state index >= 15 is 0 Å². The third-order valence-corrected chi connectivity index (χ3v) is 2.60. The summed E-state index contributed by atoms with van der Waals surface area (Å²) in [6.07, 6.45) is 3.95. The minimum Gasteiger partial charge on any atom is -0.330 e. The number of ketones is 1. The molecule has 0 atom stereocenters. The molecule has 0 fully saturated rings. The third-order valence-electron chi connectivity index (χ3n) is 2.60. The molecular weight excluding hydrogens is 212 g/mol. The van der Waals surface area contributed by atoms with Crippen molar-refractivity contribution in [2.75, 3.05) is 6.54 Å². The van der Waals surface area contributed by atoms with Crippen LogP contribution in [0.25, 0.3) is 0 Å². The summed E-state index contributed by atoms with van der Waals surface area (Å²) in [7, 11) is 0. The van der Waals surface area contributed by atoms with E-state index in [4.69, 9.17) is 5.73 Å². The first-order valence-corrected chi connectivity index (χ1v) is 5.55. The minimum atomic E-state index is 0.00199. The normalized spacial score (nSPS) is 10.2. The summed E-state index contributed by atoms with van der Waals surface area (Å²) in [6, 6.07) is 11.1. The molecule has 3 nitrogen and oxygen atoms in total. The fourth-order valence-electron chi connectivity index (χ4n) is 1.77. The second-order valence-corrected chi connectivity index (χ2v) is 3.77. The van der Waals surface area contributed by atoms with Gasteiger partial charge in [-0.15, -0.1) is 0 Å². The molecule has 0 unspecified atom stereocenters. The smallest absolute Gasteiger partial charge is 0.194 e. The minimum absolute atomic E-state index is 0.00199. The SMILES string of the molecule is NCCc1ccccc1C(=O)c1cccnc1. The van der Waals surface area contributed by atoms with Crippen LogP contribution >= 0.6 is 0 Å². The van der Waals surface area contributed by atoms with Crippen LogP contribution in [-0.2, 0) is 6.42 Å². The zero-order valence-corrected chi connectivity index (χ0v) is 9.47. The lowest BCUT2D eigenvalue weighted by atomic mass is 9.97. The van der Waals surface area contributed by atoms with E-state index in [2.05, 4.69) is 4.98 Å². The Balaban J connectivity index is 2.37. The Labute approximate surface area is 100 Å². The second-order valence-electron chi connectivity index (χ2n) is 3.77. The maximum atomic E-state index is 12.3. The van der Waals surface area contributed by atoms with Gasteiger partial charge in [-0.2, -0.15) is 0 Å². The molecule has 0 spiro atoms. The van der Waals surface area contributed by atoms with Gasteiger partial charge < -0.3 is 5.73 Å². The van der Waals surface area contributed by atoms with Gasteiger partial charge in [0, 0.05) is 23.5 Å². The molecule has 0 aliphatic rings. The summed E-state index contributed by atoms with van der Waals surface area (Å²) in [6.45, 7) is 0.539. The van der Waals surface area contributed by atoms with Gasteiger partial charge in [-0.1, -0.05) is 24.3 Å². The van der Waals surface area contributed by atoms with Gasteiger partial charge in [-0.05, 0) is 30.7 Å².